The fourth-order valence-corrected chi connectivity index (χ4v) is 2.80. The molecule has 1 fully saturated rings. The summed E-state index contributed by atoms with van der Waals surface area (Å²) in [7, 11) is 0. The second-order valence-corrected chi connectivity index (χ2v) is 6.06. The summed E-state index contributed by atoms with van der Waals surface area (Å²) in [6, 6.07) is 12.7. The van der Waals surface area contributed by atoms with Gasteiger partial charge in [-0.05, 0) is 35.9 Å². The van der Waals surface area contributed by atoms with Crippen LogP contribution in [0.2, 0.25) is 5.02 Å². The highest BCUT2D eigenvalue weighted by Gasteiger charge is 2.36. The average Bonchev–Trinajstić information content (AvgIpc) is 2.96. The number of ether oxygens (including phenoxy) is 1. The van der Waals surface area contributed by atoms with Gasteiger partial charge in [0, 0.05) is 23.7 Å². The van der Waals surface area contributed by atoms with E-state index in [1.807, 2.05) is 0 Å². The van der Waals surface area contributed by atoms with Gasteiger partial charge in [-0.3, -0.25) is 9.59 Å². The van der Waals surface area contributed by atoms with Crippen molar-refractivity contribution in [3.05, 3.63) is 64.9 Å². The van der Waals surface area contributed by atoms with Crippen LogP contribution in [-0.2, 0) is 20.9 Å². The van der Waals surface area contributed by atoms with Crippen LogP contribution in [0.15, 0.2) is 48.5 Å². The number of hydrogen-bond donors (Lipinski definition) is 0. The van der Waals surface area contributed by atoms with Crippen molar-refractivity contribution in [1.82, 2.24) is 0 Å². The Balaban J connectivity index is 1.60. The molecule has 24 heavy (non-hydrogen) atoms. The van der Waals surface area contributed by atoms with Crippen molar-refractivity contribution in [1.29, 1.82) is 0 Å². The molecule has 0 spiro atoms. The summed E-state index contributed by atoms with van der Waals surface area (Å²) in [4.78, 5) is 25.9. The lowest BCUT2D eigenvalue weighted by atomic mass is 10.1. The van der Waals surface area contributed by atoms with Crippen LogP contribution in [0.3, 0.4) is 0 Å². The molecule has 2 aromatic rings. The van der Waals surface area contributed by atoms with Gasteiger partial charge < -0.3 is 9.64 Å². The van der Waals surface area contributed by atoms with Gasteiger partial charge in [-0.1, -0.05) is 29.8 Å². The van der Waals surface area contributed by atoms with Gasteiger partial charge in [0.25, 0.3) is 0 Å². The number of rotatable bonds is 4. The van der Waals surface area contributed by atoms with Gasteiger partial charge in [0.15, 0.2) is 0 Å². The van der Waals surface area contributed by atoms with Crippen LogP contribution in [-0.4, -0.2) is 18.4 Å². The number of nitrogens with zero attached hydrogens (tertiary/aromatic N) is 1. The number of amides is 1. The third-order valence-corrected chi connectivity index (χ3v) is 4.11. The molecular weight excluding hydrogens is 333 g/mol. The van der Waals surface area contributed by atoms with Crippen LogP contribution in [0.25, 0.3) is 0 Å². The van der Waals surface area contributed by atoms with Gasteiger partial charge in [-0.25, -0.2) is 4.39 Å². The minimum atomic E-state index is -0.517. The van der Waals surface area contributed by atoms with Crippen molar-refractivity contribution in [3.63, 3.8) is 0 Å². The summed E-state index contributed by atoms with van der Waals surface area (Å²) in [6.07, 6.45) is 0.106. The van der Waals surface area contributed by atoms with E-state index in [0.29, 0.717) is 16.3 Å². The minimum absolute atomic E-state index is 0.0565. The Labute approximate surface area is 143 Å². The molecule has 0 aromatic heterocycles. The zero-order valence-electron chi connectivity index (χ0n) is 12.7. The van der Waals surface area contributed by atoms with Crippen molar-refractivity contribution in [2.24, 2.45) is 5.92 Å². The Morgan fingerprint density at radius 3 is 2.71 bits per heavy atom. The molecule has 0 saturated carbocycles. The van der Waals surface area contributed by atoms with Crippen molar-refractivity contribution >= 4 is 29.2 Å². The highest BCUT2D eigenvalue weighted by Crippen LogP contribution is 2.27. The first-order valence-electron chi connectivity index (χ1n) is 7.50. The van der Waals surface area contributed by atoms with Crippen LogP contribution < -0.4 is 4.90 Å². The predicted molar refractivity (Wildman–Crippen MR) is 88.1 cm³/mol. The maximum absolute atomic E-state index is 12.8. The van der Waals surface area contributed by atoms with Crippen molar-refractivity contribution in [3.8, 4) is 0 Å². The van der Waals surface area contributed by atoms with E-state index in [1.165, 1.54) is 17.0 Å². The molecule has 124 valence electrons. The van der Waals surface area contributed by atoms with E-state index in [1.54, 1.807) is 36.4 Å². The largest absolute Gasteiger partial charge is 0.461 e. The number of halogens is 2. The summed E-state index contributed by atoms with van der Waals surface area (Å²) < 4.78 is 18.1. The quantitative estimate of drug-likeness (QED) is 0.794. The maximum atomic E-state index is 12.8. The van der Waals surface area contributed by atoms with E-state index in [9.17, 15) is 14.0 Å². The normalized spacial score (nSPS) is 17.2. The van der Waals surface area contributed by atoms with Crippen molar-refractivity contribution in [2.75, 3.05) is 11.4 Å². The molecule has 0 bridgehead atoms. The van der Waals surface area contributed by atoms with E-state index >= 15 is 0 Å². The lowest BCUT2D eigenvalue weighted by Crippen LogP contribution is -2.26. The molecule has 1 heterocycles. The Kier molecular flexibility index (Phi) is 4.81. The van der Waals surface area contributed by atoms with Crippen LogP contribution in [0, 0.1) is 11.7 Å². The fourth-order valence-electron chi connectivity index (χ4n) is 2.61. The van der Waals surface area contributed by atoms with E-state index in [4.69, 9.17) is 16.3 Å². The van der Waals surface area contributed by atoms with Crippen molar-refractivity contribution in [2.45, 2.75) is 13.0 Å². The summed E-state index contributed by atoms with van der Waals surface area (Å²) in [5.74, 6) is -1.43. The number of benzene rings is 2. The fraction of sp³-hybridized carbons (Fsp3) is 0.222. The van der Waals surface area contributed by atoms with E-state index in [-0.39, 0.29) is 31.3 Å². The Bertz CT molecular complexity index is 763. The smallest absolute Gasteiger partial charge is 0.311 e. The Morgan fingerprint density at radius 2 is 2.00 bits per heavy atom. The van der Waals surface area contributed by atoms with Gasteiger partial charge >= 0.3 is 5.97 Å². The standard InChI is InChI=1S/C18H15ClFNO3/c19-14-2-1-3-16(9-14)21-10-13(8-17(21)22)18(23)24-11-12-4-6-15(20)7-5-12/h1-7,9,13H,8,10-11H2. The monoisotopic (exact) mass is 347 g/mol. The summed E-state index contributed by atoms with van der Waals surface area (Å²) in [6.45, 7) is 0.322. The number of hydrogen-bond acceptors (Lipinski definition) is 3. The minimum Gasteiger partial charge on any atom is -0.461 e. The second-order valence-electron chi connectivity index (χ2n) is 5.62. The summed E-state index contributed by atoms with van der Waals surface area (Å²) >= 11 is 5.94. The first-order chi connectivity index (χ1) is 11.5. The Morgan fingerprint density at radius 1 is 1.25 bits per heavy atom. The first-order valence-corrected chi connectivity index (χ1v) is 7.88. The average molecular weight is 348 g/mol. The van der Waals surface area contributed by atoms with E-state index < -0.39 is 11.9 Å². The number of anilines is 1. The molecule has 1 atom stereocenters. The molecule has 0 radical (unpaired) electrons. The SMILES string of the molecule is O=C(OCc1ccc(F)cc1)C1CC(=O)N(c2cccc(Cl)c2)C1. The molecule has 0 N–H and O–H groups in total. The summed E-state index contributed by atoms with van der Waals surface area (Å²) in [5, 5.41) is 0.530. The molecule has 1 aliphatic rings. The highest BCUT2D eigenvalue weighted by molar-refractivity contribution is 6.30. The molecule has 0 aliphatic carbocycles. The highest BCUT2D eigenvalue weighted by atomic mass is 35.5. The van der Waals surface area contributed by atoms with Gasteiger partial charge in [0.05, 0.1) is 5.92 Å². The number of carbonyl (C=O) groups excluding carboxylic acids is 2. The molecule has 3 rings (SSSR count). The zero-order valence-corrected chi connectivity index (χ0v) is 13.5. The number of carbonyl (C=O) groups is 2. The van der Waals surface area contributed by atoms with Crippen molar-refractivity contribution < 1.29 is 18.7 Å². The molecule has 2 aromatic carbocycles. The molecule has 6 heteroatoms. The van der Waals surface area contributed by atoms with Gasteiger partial charge in [0.2, 0.25) is 5.91 Å². The van der Waals surface area contributed by atoms with Gasteiger partial charge in [-0.15, -0.1) is 0 Å². The second kappa shape index (κ2) is 7.01. The van der Waals surface area contributed by atoms with Crippen LogP contribution in [0.4, 0.5) is 10.1 Å². The molecule has 1 amide bonds. The zero-order chi connectivity index (χ0) is 17.1. The number of esters is 1. The van der Waals surface area contributed by atoms with E-state index in [0.717, 1.165) is 0 Å². The molecule has 1 saturated heterocycles. The van der Waals surface area contributed by atoms with Crippen LogP contribution >= 0.6 is 11.6 Å². The first kappa shape index (κ1) is 16.5. The predicted octanol–water partition coefficient (Wildman–Crippen LogP) is 3.58. The molecule has 4 nitrogen and oxygen atoms in total. The maximum Gasteiger partial charge on any atom is 0.311 e. The molecule has 1 aliphatic heterocycles. The lowest BCUT2D eigenvalue weighted by molar-refractivity contribution is -0.149. The van der Waals surface area contributed by atoms with Gasteiger partial charge in [-0.2, -0.15) is 0 Å². The lowest BCUT2D eigenvalue weighted by Gasteiger charge is -2.16. The molecule has 1 unspecified atom stereocenters. The third-order valence-electron chi connectivity index (χ3n) is 3.87. The summed E-state index contributed by atoms with van der Waals surface area (Å²) in [5.41, 5.74) is 1.36. The molecular formula is C18H15ClFNO3. The van der Waals surface area contributed by atoms with Crippen LogP contribution in [0.5, 0.6) is 0 Å². The van der Waals surface area contributed by atoms with E-state index in [2.05, 4.69) is 0 Å². The van der Waals surface area contributed by atoms with Gasteiger partial charge in [0.1, 0.15) is 12.4 Å². The topological polar surface area (TPSA) is 46.6 Å². The third kappa shape index (κ3) is 3.74. The Hall–Kier alpha value is -2.40. The van der Waals surface area contributed by atoms with Crippen LogP contribution in [0.1, 0.15) is 12.0 Å².